The summed E-state index contributed by atoms with van der Waals surface area (Å²) in [5.41, 5.74) is 1.58. The molecular weight excluding hydrogens is 286 g/mol. The molecular formula is C15H21N3O2S. The van der Waals surface area contributed by atoms with Gasteiger partial charge in [0.15, 0.2) is 0 Å². The van der Waals surface area contributed by atoms with Crippen LogP contribution < -0.4 is 5.32 Å². The van der Waals surface area contributed by atoms with Gasteiger partial charge in [-0.25, -0.2) is 0 Å². The van der Waals surface area contributed by atoms with Crippen molar-refractivity contribution in [2.45, 2.75) is 39.3 Å². The first-order chi connectivity index (χ1) is 9.81. The van der Waals surface area contributed by atoms with E-state index >= 15 is 0 Å². The zero-order valence-corrected chi connectivity index (χ0v) is 13.6. The molecule has 2 N–H and O–H groups in total. The molecule has 0 aliphatic rings. The average molecular weight is 307 g/mol. The van der Waals surface area contributed by atoms with Crippen LogP contribution in [0.2, 0.25) is 0 Å². The van der Waals surface area contributed by atoms with Crippen LogP contribution in [0.15, 0.2) is 22.9 Å². The van der Waals surface area contributed by atoms with Gasteiger partial charge in [-0.1, -0.05) is 0 Å². The molecule has 21 heavy (non-hydrogen) atoms. The monoisotopic (exact) mass is 307 g/mol. The van der Waals surface area contributed by atoms with Crippen LogP contribution in [0.5, 0.6) is 0 Å². The van der Waals surface area contributed by atoms with E-state index in [1.54, 1.807) is 18.5 Å². The van der Waals surface area contributed by atoms with Crippen molar-refractivity contribution in [2.24, 2.45) is 0 Å². The molecule has 5 nitrogen and oxygen atoms in total. The zero-order chi connectivity index (χ0) is 15.6. The van der Waals surface area contributed by atoms with Gasteiger partial charge in [-0.15, -0.1) is 0 Å². The van der Waals surface area contributed by atoms with Crippen LogP contribution in [0.3, 0.4) is 0 Å². The smallest absolute Gasteiger partial charge is 0.244 e. The molecule has 2 rings (SSSR count). The van der Waals surface area contributed by atoms with E-state index in [0.29, 0.717) is 0 Å². The number of rotatable bonds is 5. The van der Waals surface area contributed by atoms with Gasteiger partial charge in [0.2, 0.25) is 5.91 Å². The van der Waals surface area contributed by atoms with E-state index in [4.69, 9.17) is 0 Å². The highest BCUT2D eigenvalue weighted by atomic mass is 32.1. The summed E-state index contributed by atoms with van der Waals surface area (Å²) in [7, 11) is 0. The SMILES string of the molecule is Cc1cc(C)n([C@H](C)C(=O)NC[C@](C)(O)c2ccsc2)n1. The van der Waals surface area contributed by atoms with Crippen molar-refractivity contribution in [1.29, 1.82) is 0 Å². The lowest BCUT2D eigenvalue weighted by Crippen LogP contribution is -2.41. The topological polar surface area (TPSA) is 67.2 Å². The molecule has 0 spiro atoms. The third-order valence-corrected chi connectivity index (χ3v) is 4.22. The summed E-state index contributed by atoms with van der Waals surface area (Å²) < 4.78 is 1.70. The normalized spacial score (nSPS) is 15.5. The molecule has 2 atom stereocenters. The molecule has 0 saturated heterocycles. The molecule has 0 unspecified atom stereocenters. The Kier molecular flexibility index (Phi) is 4.49. The number of thiophene rings is 1. The zero-order valence-electron chi connectivity index (χ0n) is 12.8. The van der Waals surface area contributed by atoms with Crippen LogP contribution >= 0.6 is 11.3 Å². The van der Waals surface area contributed by atoms with Crippen LogP contribution in [0.4, 0.5) is 0 Å². The molecule has 0 radical (unpaired) electrons. The first-order valence-electron chi connectivity index (χ1n) is 6.87. The van der Waals surface area contributed by atoms with Crippen molar-refractivity contribution in [3.8, 4) is 0 Å². The second-order valence-electron chi connectivity index (χ2n) is 5.55. The lowest BCUT2D eigenvalue weighted by molar-refractivity contribution is -0.125. The number of aryl methyl sites for hydroxylation is 2. The van der Waals surface area contributed by atoms with Gasteiger partial charge in [0.05, 0.1) is 12.2 Å². The van der Waals surface area contributed by atoms with E-state index < -0.39 is 11.6 Å². The van der Waals surface area contributed by atoms with E-state index in [1.165, 1.54) is 11.3 Å². The predicted octanol–water partition coefficient (Wildman–Crippen LogP) is 2.15. The van der Waals surface area contributed by atoms with E-state index in [-0.39, 0.29) is 12.5 Å². The third kappa shape index (κ3) is 3.51. The molecule has 0 bridgehead atoms. The van der Waals surface area contributed by atoms with Crippen molar-refractivity contribution < 1.29 is 9.90 Å². The Bertz CT molecular complexity index is 617. The van der Waals surface area contributed by atoms with Gasteiger partial charge in [0.1, 0.15) is 11.6 Å². The number of aromatic nitrogens is 2. The van der Waals surface area contributed by atoms with Gasteiger partial charge in [-0.2, -0.15) is 16.4 Å². The molecule has 0 aliphatic heterocycles. The molecule has 0 aromatic carbocycles. The highest BCUT2D eigenvalue weighted by molar-refractivity contribution is 7.08. The highest BCUT2D eigenvalue weighted by Crippen LogP contribution is 2.22. The van der Waals surface area contributed by atoms with Gasteiger partial charge in [0, 0.05) is 5.69 Å². The van der Waals surface area contributed by atoms with Crippen LogP contribution in [-0.4, -0.2) is 27.3 Å². The maximum absolute atomic E-state index is 12.2. The Balaban J connectivity index is 2.00. The fraction of sp³-hybridized carbons (Fsp3) is 0.467. The standard InChI is InChI=1S/C15H21N3O2S/c1-10-7-11(2)18(17-10)12(3)14(19)16-9-15(4,20)13-5-6-21-8-13/h5-8,12,20H,9H2,1-4H3,(H,16,19)/t12-,15+/m1/s1. The first kappa shape index (κ1) is 15.7. The summed E-state index contributed by atoms with van der Waals surface area (Å²) in [6.07, 6.45) is 0. The fourth-order valence-electron chi connectivity index (χ4n) is 2.23. The maximum atomic E-state index is 12.2. The average Bonchev–Trinajstić information content (AvgIpc) is 3.05. The van der Waals surface area contributed by atoms with Gasteiger partial charge >= 0.3 is 0 Å². The molecule has 6 heteroatoms. The van der Waals surface area contributed by atoms with Crippen LogP contribution in [0.25, 0.3) is 0 Å². The molecule has 0 saturated carbocycles. The predicted molar refractivity (Wildman–Crippen MR) is 83.3 cm³/mol. The molecule has 2 aromatic rings. The molecule has 0 fully saturated rings. The molecule has 1 amide bonds. The Morgan fingerprint density at radius 1 is 1.57 bits per heavy atom. The lowest BCUT2D eigenvalue weighted by atomic mass is 9.99. The van der Waals surface area contributed by atoms with E-state index in [0.717, 1.165) is 17.0 Å². The quantitative estimate of drug-likeness (QED) is 0.889. The summed E-state index contributed by atoms with van der Waals surface area (Å²) >= 11 is 1.52. The number of carbonyl (C=O) groups is 1. The highest BCUT2D eigenvalue weighted by Gasteiger charge is 2.26. The van der Waals surface area contributed by atoms with Crippen molar-refractivity contribution in [2.75, 3.05) is 6.54 Å². The van der Waals surface area contributed by atoms with Crippen molar-refractivity contribution in [1.82, 2.24) is 15.1 Å². The van der Waals surface area contributed by atoms with Crippen molar-refractivity contribution in [3.63, 3.8) is 0 Å². The lowest BCUT2D eigenvalue weighted by Gasteiger charge is -2.24. The van der Waals surface area contributed by atoms with Crippen LogP contribution in [0, 0.1) is 13.8 Å². The summed E-state index contributed by atoms with van der Waals surface area (Å²) in [6, 6.07) is 3.39. The number of carbonyl (C=O) groups excluding carboxylic acids is 1. The van der Waals surface area contributed by atoms with Gasteiger partial charge in [-0.05, 0) is 56.2 Å². The molecule has 114 valence electrons. The van der Waals surface area contributed by atoms with Gasteiger partial charge in [0.25, 0.3) is 0 Å². The number of hydrogen-bond acceptors (Lipinski definition) is 4. The second kappa shape index (κ2) is 5.99. The van der Waals surface area contributed by atoms with Crippen molar-refractivity contribution in [3.05, 3.63) is 39.8 Å². The number of hydrogen-bond donors (Lipinski definition) is 2. The number of amides is 1. The summed E-state index contributed by atoms with van der Waals surface area (Å²) in [5, 5.41) is 21.3. The number of aliphatic hydroxyl groups is 1. The number of nitrogens with zero attached hydrogens (tertiary/aromatic N) is 2. The number of nitrogens with one attached hydrogen (secondary N) is 1. The summed E-state index contributed by atoms with van der Waals surface area (Å²) in [4.78, 5) is 12.2. The Hall–Kier alpha value is -1.66. The van der Waals surface area contributed by atoms with Crippen molar-refractivity contribution >= 4 is 17.2 Å². The summed E-state index contributed by atoms with van der Waals surface area (Å²) in [6.45, 7) is 7.49. The second-order valence-corrected chi connectivity index (χ2v) is 6.33. The molecule has 0 aliphatic carbocycles. The van der Waals surface area contributed by atoms with E-state index in [9.17, 15) is 9.90 Å². The largest absolute Gasteiger partial charge is 0.384 e. The fourth-order valence-corrected chi connectivity index (χ4v) is 3.01. The minimum Gasteiger partial charge on any atom is -0.384 e. The van der Waals surface area contributed by atoms with Crippen LogP contribution in [-0.2, 0) is 10.4 Å². The Morgan fingerprint density at radius 2 is 2.29 bits per heavy atom. The van der Waals surface area contributed by atoms with E-state index in [1.807, 2.05) is 36.7 Å². The van der Waals surface area contributed by atoms with Crippen LogP contribution in [0.1, 0.15) is 36.8 Å². The molecule has 2 aromatic heterocycles. The maximum Gasteiger partial charge on any atom is 0.244 e. The summed E-state index contributed by atoms with van der Waals surface area (Å²) in [5.74, 6) is -0.156. The first-order valence-corrected chi connectivity index (χ1v) is 7.81. The van der Waals surface area contributed by atoms with E-state index in [2.05, 4.69) is 10.4 Å². The molecule has 2 heterocycles. The third-order valence-electron chi connectivity index (χ3n) is 3.54. The van der Waals surface area contributed by atoms with Gasteiger partial charge < -0.3 is 10.4 Å². The Labute approximate surface area is 128 Å². The van der Waals surface area contributed by atoms with Gasteiger partial charge in [-0.3, -0.25) is 9.48 Å². The Morgan fingerprint density at radius 3 is 2.81 bits per heavy atom. The minimum absolute atomic E-state index is 0.156. The minimum atomic E-state index is -1.07.